The fourth-order valence-electron chi connectivity index (χ4n) is 3.77. The lowest BCUT2D eigenvalue weighted by Crippen LogP contribution is -2.56. The third-order valence-corrected chi connectivity index (χ3v) is 4.75. The summed E-state index contributed by atoms with van der Waals surface area (Å²) in [6.45, 7) is 1.26. The largest absolute Gasteiger partial charge is 0.481 e. The van der Waals surface area contributed by atoms with Gasteiger partial charge in [0.15, 0.2) is 0 Å². The molecule has 1 aliphatic carbocycles. The second-order valence-corrected chi connectivity index (χ2v) is 6.35. The smallest absolute Gasteiger partial charge is 0.318 e. The molecule has 0 aromatic heterocycles. The van der Waals surface area contributed by atoms with Crippen LogP contribution in [-0.2, 0) is 9.53 Å². The maximum Gasteiger partial charge on any atom is 0.318 e. The van der Waals surface area contributed by atoms with E-state index < -0.39 is 11.5 Å². The van der Waals surface area contributed by atoms with Gasteiger partial charge in [-0.1, -0.05) is 12.8 Å². The summed E-state index contributed by atoms with van der Waals surface area (Å²) in [7, 11) is 0. The van der Waals surface area contributed by atoms with Crippen LogP contribution in [0.3, 0.4) is 0 Å². The van der Waals surface area contributed by atoms with Gasteiger partial charge in [-0.25, -0.2) is 4.79 Å². The van der Waals surface area contributed by atoms with E-state index in [4.69, 9.17) is 9.84 Å². The fourth-order valence-corrected chi connectivity index (χ4v) is 3.77. The number of nitrogens with one attached hydrogen (secondary N) is 1. The van der Waals surface area contributed by atoms with Crippen LogP contribution in [0.4, 0.5) is 4.79 Å². The Balaban J connectivity index is 1.63. The number of carbonyl (C=O) groups excluding carboxylic acids is 1. The van der Waals surface area contributed by atoms with Crippen molar-refractivity contribution in [3.05, 3.63) is 0 Å². The third kappa shape index (κ3) is 2.75. The van der Waals surface area contributed by atoms with E-state index in [1.165, 1.54) is 0 Å². The molecule has 112 valence electrons. The van der Waals surface area contributed by atoms with Crippen LogP contribution in [0.2, 0.25) is 0 Å². The number of carboxylic acid groups (broad SMARTS) is 1. The maximum absolute atomic E-state index is 12.4. The number of ether oxygens (including phenoxy) is 1. The predicted molar refractivity (Wildman–Crippen MR) is 71.5 cm³/mol. The highest BCUT2D eigenvalue weighted by Gasteiger charge is 2.41. The van der Waals surface area contributed by atoms with Crippen LogP contribution in [0.5, 0.6) is 0 Å². The number of morpholine rings is 1. The van der Waals surface area contributed by atoms with Crippen LogP contribution in [0, 0.1) is 0 Å². The molecular formula is C14H22N2O4. The van der Waals surface area contributed by atoms with Gasteiger partial charge in [-0.15, -0.1) is 0 Å². The van der Waals surface area contributed by atoms with E-state index in [1.54, 1.807) is 4.90 Å². The average Bonchev–Trinajstić information content (AvgIpc) is 2.96. The van der Waals surface area contributed by atoms with E-state index in [0.29, 0.717) is 13.1 Å². The summed E-state index contributed by atoms with van der Waals surface area (Å²) < 4.78 is 5.72. The third-order valence-electron chi connectivity index (χ3n) is 4.75. The molecule has 2 bridgehead atoms. The summed E-state index contributed by atoms with van der Waals surface area (Å²) in [4.78, 5) is 25.3. The minimum absolute atomic E-state index is 0.0237. The predicted octanol–water partition coefficient (Wildman–Crippen LogP) is 1.35. The molecule has 2 aliphatic heterocycles. The van der Waals surface area contributed by atoms with Crippen molar-refractivity contribution in [2.24, 2.45) is 0 Å². The zero-order valence-electron chi connectivity index (χ0n) is 11.6. The first kappa shape index (κ1) is 13.7. The first-order chi connectivity index (χ1) is 9.56. The maximum atomic E-state index is 12.4. The van der Waals surface area contributed by atoms with Crippen molar-refractivity contribution in [2.45, 2.75) is 62.7 Å². The van der Waals surface area contributed by atoms with Crippen molar-refractivity contribution in [1.29, 1.82) is 0 Å². The van der Waals surface area contributed by atoms with Gasteiger partial charge >= 0.3 is 12.0 Å². The molecule has 1 saturated carbocycles. The zero-order valence-corrected chi connectivity index (χ0v) is 11.6. The van der Waals surface area contributed by atoms with Crippen molar-refractivity contribution < 1.29 is 19.4 Å². The van der Waals surface area contributed by atoms with Gasteiger partial charge in [-0.05, 0) is 25.7 Å². The van der Waals surface area contributed by atoms with Gasteiger partial charge in [0.05, 0.1) is 24.2 Å². The lowest BCUT2D eigenvalue weighted by molar-refractivity contribution is -0.138. The molecular weight excluding hydrogens is 260 g/mol. The molecule has 20 heavy (non-hydrogen) atoms. The van der Waals surface area contributed by atoms with E-state index in [1.807, 2.05) is 0 Å². The number of amides is 2. The molecule has 2 amide bonds. The molecule has 3 rings (SSSR count). The van der Waals surface area contributed by atoms with Crippen LogP contribution in [-0.4, -0.2) is 52.8 Å². The average molecular weight is 282 g/mol. The number of likely N-dealkylation sites (tertiary alicyclic amines) is 1. The fraction of sp³-hybridized carbons (Fsp3) is 0.857. The quantitative estimate of drug-likeness (QED) is 0.819. The Labute approximate surface area is 118 Å². The molecule has 2 saturated heterocycles. The van der Waals surface area contributed by atoms with Gasteiger partial charge in [0.2, 0.25) is 0 Å². The molecule has 2 N–H and O–H groups in total. The Morgan fingerprint density at radius 1 is 1.20 bits per heavy atom. The molecule has 3 fully saturated rings. The van der Waals surface area contributed by atoms with Gasteiger partial charge in [-0.2, -0.15) is 0 Å². The van der Waals surface area contributed by atoms with Gasteiger partial charge in [0, 0.05) is 13.1 Å². The standard InChI is InChI=1S/C14H22N2O4/c17-12(18)7-14(5-1-2-6-14)15-13(19)16-8-10-3-4-11(9-16)20-10/h10-11H,1-9H2,(H,15,19)(H,17,18). The highest BCUT2D eigenvalue weighted by molar-refractivity contribution is 5.77. The summed E-state index contributed by atoms with van der Waals surface area (Å²) in [6.07, 6.45) is 5.91. The molecule has 0 spiro atoms. The summed E-state index contributed by atoms with van der Waals surface area (Å²) in [5, 5.41) is 12.1. The van der Waals surface area contributed by atoms with Crippen molar-refractivity contribution in [3.8, 4) is 0 Å². The number of aliphatic carboxylic acids is 1. The number of hydrogen-bond donors (Lipinski definition) is 2. The van der Waals surface area contributed by atoms with Crippen molar-refractivity contribution in [2.75, 3.05) is 13.1 Å². The SMILES string of the molecule is O=C(O)CC1(NC(=O)N2CC3CCC(C2)O3)CCCC1. The molecule has 0 aromatic carbocycles. The molecule has 2 heterocycles. The lowest BCUT2D eigenvalue weighted by atomic mass is 9.93. The van der Waals surface area contributed by atoms with E-state index in [9.17, 15) is 9.59 Å². The number of fused-ring (bicyclic) bond motifs is 2. The van der Waals surface area contributed by atoms with E-state index in [0.717, 1.165) is 38.5 Å². The van der Waals surface area contributed by atoms with E-state index in [2.05, 4.69) is 5.32 Å². The monoisotopic (exact) mass is 282 g/mol. The summed E-state index contributed by atoms with van der Waals surface area (Å²) >= 11 is 0. The minimum Gasteiger partial charge on any atom is -0.481 e. The van der Waals surface area contributed by atoms with E-state index >= 15 is 0 Å². The highest BCUT2D eigenvalue weighted by atomic mass is 16.5. The second-order valence-electron chi connectivity index (χ2n) is 6.35. The van der Waals surface area contributed by atoms with Gasteiger partial charge in [0.25, 0.3) is 0 Å². The molecule has 2 unspecified atom stereocenters. The van der Waals surface area contributed by atoms with Crippen molar-refractivity contribution >= 4 is 12.0 Å². The number of nitrogens with zero attached hydrogens (tertiary/aromatic N) is 1. The van der Waals surface area contributed by atoms with Crippen LogP contribution in [0.15, 0.2) is 0 Å². The zero-order chi connectivity index (χ0) is 14.2. The molecule has 6 nitrogen and oxygen atoms in total. The number of urea groups is 1. The van der Waals surface area contributed by atoms with Crippen molar-refractivity contribution in [1.82, 2.24) is 10.2 Å². The van der Waals surface area contributed by atoms with Crippen molar-refractivity contribution in [3.63, 3.8) is 0 Å². The summed E-state index contributed by atoms with van der Waals surface area (Å²) in [5.41, 5.74) is -0.541. The Morgan fingerprint density at radius 2 is 1.80 bits per heavy atom. The minimum atomic E-state index is -0.839. The number of rotatable bonds is 3. The topological polar surface area (TPSA) is 78.9 Å². The van der Waals surface area contributed by atoms with Crippen LogP contribution < -0.4 is 5.32 Å². The molecule has 2 atom stereocenters. The normalized spacial score (nSPS) is 31.3. The first-order valence-corrected chi connectivity index (χ1v) is 7.51. The van der Waals surface area contributed by atoms with E-state index in [-0.39, 0.29) is 24.7 Å². The van der Waals surface area contributed by atoms with Gasteiger partial charge < -0.3 is 20.1 Å². The number of hydrogen-bond acceptors (Lipinski definition) is 3. The highest BCUT2D eigenvalue weighted by Crippen LogP contribution is 2.33. The molecule has 0 aromatic rings. The second kappa shape index (κ2) is 5.24. The Kier molecular flexibility index (Phi) is 3.58. The summed E-state index contributed by atoms with van der Waals surface area (Å²) in [6, 6.07) is -0.117. The molecule has 0 radical (unpaired) electrons. The van der Waals surface area contributed by atoms with Crippen LogP contribution >= 0.6 is 0 Å². The number of carboxylic acids is 1. The molecule has 3 aliphatic rings. The number of carbonyl (C=O) groups is 2. The Morgan fingerprint density at radius 3 is 2.35 bits per heavy atom. The molecule has 6 heteroatoms. The Hall–Kier alpha value is -1.30. The summed E-state index contributed by atoms with van der Waals surface area (Å²) in [5.74, 6) is -0.839. The van der Waals surface area contributed by atoms with Crippen LogP contribution in [0.1, 0.15) is 44.9 Å². The van der Waals surface area contributed by atoms with Gasteiger partial charge in [0.1, 0.15) is 0 Å². The Bertz CT molecular complexity index is 394. The van der Waals surface area contributed by atoms with Gasteiger partial charge in [-0.3, -0.25) is 4.79 Å². The first-order valence-electron chi connectivity index (χ1n) is 7.51. The van der Waals surface area contributed by atoms with Crippen LogP contribution in [0.25, 0.3) is 0 Å². The lowest BCUT2D eigenvalue weighted by Gasteiger charge is -2.36.